The van der Waals surface area contributed by atoms with Crippen LogP contribution in [0, 0.1) is 0 Å². The molecule has 0 heterocycles. The molecule has 1 aromatic rings. The maximum atomic E-state index is 12.6. The summed E-state index contributed by atoms with van der Waals surface area (Å²) in [4.78, 5) is 24.1. The summed E-state index contributed by atoms with van der Waals surface area (Å²) < 4.78 is 10.3. The zero-order chi connectivity index (χ0) is 16.9. The van der Waals surface area contributed by atoms with E-state index in [0.29, 0.717) is 19.4 Å². The first-order valence-electron chi connectivity index (χ1n) is 8.02. The highest BCUT2D eigenvalue weighted by Crippen LogP contribution is 2.47. The minimum Gasteiger partial charge on any atom is -0.468 e. The lowest BCUT2D eigenvalue weighted by Crippen LogP contribution is -2.42. The molecule has 0 N–H and O–H groups in total. The van der Waals surface area contributed by atoms with Gasteiger partial charge in [0.2, 0.25) is 0 Å². The van der Waals surface area contributed by atoms with Gasteiger partial charge in [0.25, 0.3) is 0 Å². The largest absolute Gasteiger partial charge is 0.468 e. The topological polar surface area (TPSA) is 52.6 Å². The molecule has 0 radical (unpaired) electrons. The van der Waals surface area contributed by atoms with E-state index >= 15 is 0 Å². The number of hydrogen-bond acceptors (Lipinski definition) is 4. The molecular formula is C18H23IO4. The summed E-state index contributed by atoms with van der Waals surface area (Å²) in [6, 6.07) is 8.11. The van der Waals surface area contributed by atoms with Crippen LogP contribution < -0.4 is 0 Å². The molecule has 23 heavy (non-hydrogen) atoms. The van der Waals surface area contributed by atoms with E-state index in [1.807, 2.05) is 18.2 Å². The van der Waals surface area contributed by atoms with Gasteiger partial charge in [-0.3, -0.25) is 9.59 Å². The second kappa shape index (κ2) is 8.13. The lowest BCUT2D eigenvalue weighted by atomic mass is 9.77. The van der Waals surface area contributed by atoms with Crippen LogP contribution >= 0.6 is 22.6 Å². The number of alkyl halides is 1. The molecule has 2 atom stereocenters. The van der Waals surface area contributed by atoms with Crippen molar-refractivity contribution in [3.05, 3.63) is 35.4 Å². The Morgan fingerprint density at radius 3 is 2.74 bits per heavy atom. The summed E-state index contributed by atoms with van der Waals surface area (Å²) in [5, 5.41) is 0. The predicted molar refractivity (Wildman–Crippen MR) is 96.7 cm³/mol. The summed E-state index contributed by atoms with van der Waals surface area (Å²) >= 11 is 2.37. The van der Waals surface area contributed by atoms with Crippen LogP contribution in [0.5, 0.6) is 0 Å². The van der Waals surface area contributed by atoms with Gasteiger partial charge in [-0.05, 0) is 37.3 Å². The molecule has 5 heteroatoms. The zero-order valence-corrected chi connectivity index (χ0v) is 15.8. The van der Waals surface area contributed by atoms with E-state index in [1.54, 1.807) is 6.92 Å². The molecular weight excluding hydrogens is 407 g/mol. The van der Waals surface area contributed by atoms with Crippen molar-refractivity contribution in [1.82, 2.24) is 0 Å². The van der Waals surface area contributed by atoms with Crippen molar-refractivity contribution in [1.29, 1.82) is 0 Å². The van der Waals surface area contributed by atoms with E-state index < -0.39 is 5.41 Å². The zero-order valence-electron chi connectivity index (χ0n) is 13.6. The summed E-state index contributed by atoms with van der Waals surface area (Å²) in [6.07, 6.45) is 3.50. The third-order valence-corrected chi connectivity index (χ3v) is 5.99. The van der Waals surface area contributed by atoms with Crippen LogP contribution in [0.25, 0.3) is 0 Å². The monoisotopic (exact) mass is 430 g/mol. The summed E-state index contributed by atoms with van der Waals surface area (Å²) in [5.74, 6) is -0.338. The lowest BCUT2D eigenvalue weighted by molar-refractivity contribution is -0.147. The number of fused-ring (bicyclic) bond motifs is 1. The highest BCUT2D eigenvalue weighted by Gasteiger charge is 2.51. The molecule has 4 nitrogen and oxygen atoms in total. The number of halogens is 1. The molecule has 1 aromatic carbocycles. The molecule has 0 aliphatic heterocycles. The van der Waals surface area contributed by atoms with Crippen molar-refractivity contribution in [3.63, 3.8) is 0 Å². The number of methoxy groups -OCH3 is 1. The molecule has 1 aliphatic rings. The normalized spacial score (nSPS) is 22.5. The molecule has 0 spiro atoms. The predicted octanol–water partition coefficient (Wildman–Crippen LogP) is 3.58. The Hall–Kier alpha value is -1.11. The van der Waals surface area contributed by atoms with Crippen molar-refractivity contribution < 1.29 is 19.1 Å². The number of carbonyl (C=O) groups excluding carboxylic acids is 2. The minimum atomic E-state index is -0.597. The minimum absolute atomic E-state index is 0.169. The third-order valence-electron chi connectivity index (χ3n) is 4.49. The van der Waals surface area contributed by atoms with Gasteiger partial charge < -0.3 is 9.47 Å². The van der Waals surface area contributed by atoms with Crippen LogP contribution in [0.1, 0.15) is 43.7 Å². The fraction of sp³-hybridized carbons (Fsp3) is 0.556. The second-order valence-electron chi connectivity index (χ2n) is 5.80. The van der Waals surface area contributed by atoms with Crippen molar-refractivity contribution in [3.8, 4) is 0 Å². The van der Waals surface area contributed by atoms with Crippen molar-refractivity contribution in [2.45, 2.75) is 48.4 Å². The molecule has 1 aliphatic carbocycles. The number of esters is 2. The lowest BCUT2D eigenvalue weighted by Gasteiger charge is -2.31. The summed E-state index contributed by atoms with van der Waals surface area (Å²) in [6.45, 7) is 2.22. The molecule has 0 bridgehead atoms. The standard InChI is InChI=1S/C18H23IO4/c1-3-23-16(20)10-6-7-11-18(17(21)22-2)14-9-5-4-8-13(14)12-15(18)19/h4-5,8-9,15H,3,6-7,10-12H2,1-2H3. The maximum Gasteiger partial charge on any atom is 0.317 e. The Morgan fingerprint density at radius 2 is 2.04 bits per heavy atom. The smallest absolute Gasteiger partial charge is 0.317 e. The first-order valence-corrected chi connectivity index (χ1v) is 9.27. The Morgan fingerprint density at radius 1 is 1.30 bits per heavy atom. The van der Waals surface area contributed by atoms with Crippen molar-refractivity contribution in [2.24, 2.45) is 0 Å². The van der Waals surface area contributed by atoms with Gasteiger partial charge in [0.15, 0.2) is 0 Å². The molecule has 0 saturated heterocycles. The first kappa shape index (κ1) is 18.2. The molecule has 0 aromatic heterocycles. The van der Waals surface area contributed by atoms with E-state index in [9.17, 15) is 9.59 Å². The SMILES string of the molecule is CCOC(=O)CCCCC1(C(=O)OC)c2ccccc2CC1I. The highest BCUT2D eigenvalue weighted by atomic mass is 127. The molecule has 0 saturated carbocycles. The maximum absolute atomic E-state index is 12.6. The van der Waals surface area contributed by atoms with Crippen molar-refractivity contribution in [2.75, 3.05) is 13.7 Å². The van der Waals surface area contributed by atoms with Crippen molar-refractivity contribution >= 4 is 34.5 Å². The average molecular weight is 430 g/mol. The average Bonchev–Trinajstić information content (AvgIpc) is 2.84. The molecule has 0 amide bonds. The quantitative estimate of drug-likeness (QED) is 0.287. The van der Waals surface area contributed by atoms with E-state index in [0.717, 1.165) is 24.8 Å². The van der Waals surface area contributed by atoms with Gasteiger partial charge in [0.1, 0.15) is 5.41 Å². The van der Waals surface area contributed by atoms with Gasteiger partial charge in [-0.1, -0.05) is 53.3 Å². The highest BCUT2D eigenvalue weighted by molar-refractivity contribution is 14.1. The molecule has 126 valence electrons. The Balaban J connectivity index is 2.12. The van der Waals surface area contributed by atoms with Crippen LogP contribution in [0.4, 0.5) is 0 Å². The Labute approximate surface area is 151 Å². The fourth-order valence-electron chi connectivity index (χ4n) is 3.39. The van der Waals surface area contributed by atoms with Gasteiger partial charge >= 0.3 is 11.9 Å². The number of rotatable bonds is 7. The number of benzene rings is 1. The number of ether oxygens (including phenoxy) is 2. The molecule has 2 unspecified atom stereocenters. The fourth-order valence-corrected chi connectivity index (χ4v) is 4.76. The Kier molecular flexibility index (Phi) is 6.44. The van der Waals surface area contributed by atoms with E-state index in [-0.39, 0.29) is 15.9 Å². The third kappa shape index (κ3) is 3.70. The van der Waals surface area contributed by atoms with E-state index in [2.05, 4.69) is 28.7 Å². The van der Waals surface area contributed by atoms with Gasteiger partial charge in [0.05, 0.1) is 13.7 Å². The van der Waals surface area contributed by atoms with Gasteiger partial charge in [0, 0.05) is 10.3 Å². The number of carbonyl (C=O) groups is 2. The van der Waals surface area contributed by atoms with Gasteiger partial charge in [-0.2, -0.15) is 0 Å². The summed E-state index contributed by atoms with van der Waals surface area (Å²) in [7, 11) is 1.45. The van der Waals surface area contributed by atoms with Crippen LogP contribution in [0.15, 0.2) is 24.3 Å². The Bertz CT molecular complexity index is 572. The molecule has 2 rings (SSSR count). The van der Waals surface area contributed by atoms with Crippen LogP contribution in [0.3, 0.4) is 0 Å². The van der Waals surface area contributed by atoms with Gasteiger partial charge in [-0.25, -0.2) is 0 Å². The first-order chi connectivity index (χ1) is 11.1. The van der Waals surface area contributed by atoms with Crippen LogP contribution in [0.2, 0.25) is 0 Å². The van der Waals surface area contributed by atoms with Crippen LogP contribution in [-0.2, 0) is 30.9 Å². The van der Waals surface area contributed by atoms with Gasteiger partial charge in [-0.15, -0.1) is 0 Å². The molecule has 0 fully saturated rings. The summed E-state index contributed by atoms with van der Waals surface area (Å²) in [5.41, 5.74) is 1.71. The van der Waals surface area contributed by atoms with E-state index in [1.165, 1.54) is 12.7 Å². The number of unbranched alkanes of at least 4 members (excludes halogenated alkanes) is 1. The second-order valence-corrected chi connectivity index (χ2v) is 7.31. The number of hydrogen-bond donors (Lipinski definition) is 0. The van der Waals surface area contributed by atoms with E-state index in [4.69, 9.17) is 9.47 Å². The van der Waals surface area contributed by atoms with Crippen LogP contribution in [-0.4, -0.2) is 29.6 Å².